The van der Waals surface area contributed by atoms with Crippen molar-refractivity contribution in [2.24, 2.45) is 4.99 Å². The lowest BCUT2D eigenvalue weighted by molar-refractivity contribution is 0.0730. The van der Waals surface area contributed by atoms with Gasteiger partial charge in [0.25, 0.3) is 0 Å². The van der Waals surface area contributed by atoms with Gasteiger partial charge in [-0.3, -0.25) is 0 Å². The number of nitrogens with zero attached hydrogens (tertiary/aromatic N) is 2. The maximum Gasteiger partial charge on any atom is 0.215 e. The summed E-state index contributed by atoms with van der Waals surface area (Å²) in [6.07, 6.45) is 0. The van der Waals surface area contributed by atoms with E-state index in [0.29, 0.717) is 45.4 Å². The van der Waals surface area contributed by atoms with Crippen LogP contribution in [0, 0.1) is 13.8 Å². The molecule has 0 aliphatic carbocycles. The number of rotatable bonds is 7. The molecule has 8 heteroatoms. The van der Waals surface area contributed by atoms with Crippen molar-refractivity contribution in [2.45, 2.75) is 27.3 Å². The molecule has 1 aliphatic heterocycles. The van der Waals surface area contributed by atoms with Gasteiger partial charge in [0.15, 0.2) is 5.96 Å². The van der Waals surface area contributed by atoms with Crippen LogP contribution in [0.4, 0.5) is 0 Å². The SMILES string of the molecule is CCNC(=NCc1ccc(C)cc1C)NCCS(=O)(=O)N1CCOCC1. The second-order valence-corrected chi connectivity index (χ2v) is 8.47. The molecule has 26 heavy (non-hydrogen) atoms. The van der Waals surface area contributed by atoms with Crippen molar-refractivity contribution >= 4 is 16.0 Å². The molecule has 1 aromatic carbocycles. The fourth-order valence-corrected chi connectivity index (χ4v) is 4.11. The Hall–Kier alpha value is -1.64. The van der Waals surface area contributed by atoms with E-state index in [-0.39, 0.29) is 5.75 Å². The van der Waals surface area contributed by atoms with Gasteiger partial charge in [-0.2, -0.15) is 4.31 Å². The van der Waals surface area contributed by atoms with Crippen LogP contribution in [0.5, 0.6) is 0 Å². The third-order valence-electron chi connectivity index (χ3n) is 4.27. The summed E-state index contributed by atoms with van der Waals surface area (Å²) in [6, 6.07) is 6.30. The highest BCUT2D eigenvalue weighted by Crippen LogP contribution is 2.11. The monoisotopic (exact) mass is 382 g/mol. The van der Waals surface area contributed by atoms with Gasteiger partial charge in [0, 0.05) is 26.2 Å². The molecule has 0 radical (unpaired) electrons. The average molecular weight is 383 g/mol. The highest BCUT2D eigenvalue weighted by Gasteiger charge is 2.23. The third kappa shape index (κ3) is 6.26. The zero-order valence-corrected chi connectivity index (χ0v) is 16.7. The first-order valence-electron chi connectivity index (χ1n) is 9.06. The minimum Gasteiger partial charge on any atom is -0.379 e. The van der Waals surface area contributed by atoms with Crippen molar-refractivity contribution in [3.63, 3.8) is 0 Å². The van der Waals surface area contributed by atoms with Gasteiger partial charge in [-0.25, -0.2) is 13.4 Å². The highest BCUT2D eigenvalue weighted by atomic mass is 32.2. The Morgan fingerprint density at radius 3 is 2.62 bits per heavy atom. The second-order valence-electron chi connectivity index (χ2n) is 6.38. The van der Waals surface area contributed by atoms with Gasteiger partial charge in [0.2, 0.25) is 10.0 Å². The number of morpholine rings is 1. The molecule has 0 amide bonds. The van der Waals surface area contributed by atoms with E-state index in [1.807, 2.05) is 6.92 Å². The lowest BCUT2D eigenvalue weighted by Crippen LogP contribution is -2.45. The number of ether oxygens (including phenoxy) is 1. The molecule has 0 saturated carbocycles. The number of nitrogens with one attached hydrogen (secondary N) is 2. The van der Waals surface area contributed by atoms with Gasteiger partial charge in [0.05, 0.1) is 25.5 Å². The zero-order chi connectivity index (χ0) is 19.0. The molecule has 0 bridgehead atoms. The zero-order valence-electron chi connectivity index (χ0n) is 15.9. The predicted molar refractivity (Wildman–Crippen MR) is 105 cm³/mol. The van der Waals surface area contributed by atoms with Crippen molar-refractivity contribution in [1.29, 1.82) is 0 Å². The van der Waals surface area contributed by atoms with Gasteiger partial charge in [0.1, 0.15) is 0 Å². The van der Waals surface area contributed by atoms with Crippen LogP contribution in [-0.2, 0) is 21.3 Å². The van der Waals surface area contributed by atoms with Crippen molar-refractivity contribution in [2.75, 3.05) is 45.1 Å². The summed E-state index contributed by atoms with van der Waals surface area (Å²) in [4.78, 5) is 4.57. The molecule has 1 fully saturated rings. The van der Waals surface area contributed by atoms with E-state index in [2.05, 4.69) is 47.7 Å². The second kappa shape index (κ2) is 9.89. The molecule has 1 aliphatic rings. The fraction of sp³-hybridized carbons (Fsp3) is 0.611. The molecule has 1 saturated heterocycles. The maximum absolute atomic E-state index is 12.4. The van der Waals surface area contributed by atoms with Crippen LogP contribution in [0.15, 0.2) is 23.2 Å². The first-order valence-corrected chi connectivity index (χ1v) is 10.7. The van der Waals surface area contributed by atoms with Crippen LogP contribution in [0.3, 0.4) is 0 Å². The summed E-state index contributed by atoms with van der Waals surface area (Å²) in [5, 5.41) is 6.28. The van der Waals surface area contributed by atoms with E-state index in [1.165, 1.54) is 15.4 Å². The molecular formula is C18H30N4O3S. The Labute approximate surface area is 156 Å². The molecular weight excluding hydrogens is 352 g/mol. The summed E-state index contributed by atoms with van der Waals surface area (Å²) in [7, 11) is -3.26. The summed E-state index contributed by atoms with van der Waals surface area (Å²) in [5.41, 5.74) is 3.60. The van der Waals surface area contributed by atoms with Gasteiger partial charge >= 0.3 is 0 Å². The Morgan fingerprint density at radius 2 is 1.96 bits per heavy atom. The smallest absolute Gasteiger partial charge is 0.215 e. The summed E-state index contributed by atoms with van der Waals surface area (Å²) < 4.78 is 31.4. The van der Waals surface area contributed by atoms with Crippen LogP contribution in [0.1, 0.15) is 23.6 Å². The van der Waals surface area contributed by atoms with Crippen molar-refractivity contribution in [1.82, 2.24) is 14.9 Å². The normalized spacial score (nSPS) is 16.5. The molecule has 7 nitrogen and oxygen atoms in total. The molecule has 0 spiro atoms. The van der Waals surface area contributed by atoms with E-state index in [4.69, 9.17) is 4.74 Å². The summed E-state index contributed by atoms with van der Waals surface area (Å²) >= 11 is 0. The average Bonchev–Trinajstić information content (AvgIpc) is 2.61. The first-order chi connectivity index (χ1) is 12.4. The Balaban J connectivity index is 1.90. The van der Waals surface area contributed by atoms with Gasteiger partial charge in [-0.1, -0.05) is 23.8 Å². The molecule has 1 aromatic rings. The van der Waals surface area contributed by atoms with Crippen LogP contribution in [-0.4, -0.2) is 63.8 Å². The molecule has 146 valence electrons. The third-order valence-corrected chi connectivity index (χ3v) is 6.14. The first kappa shape index (κ1) is 20.7. The predicted octanol–water partition coefficient (Wildman–Crippen LogP) is 1.02. The lowest BCUT2D eigenvalue weighted by atomic mass is 10.1. The van der Waals surface area contributed by atoms with Gasteiger partial charge < -0.3 is 15.4 Å². The van der Waals surface area contributed by atoms with E-state index in [9.17, 15) is 8.42 Å². The number of hydrogen-bond donors (Lipinski definition) is 2. The van der Waals surface area contributed by atoms with E-state index in [1.54, 1.807) is 0 Å². The number of aliphatic imine (C=N–C) groups is 1. The van der Waals surface area contributed by atoms with E-state index in [0.717, 1.165) is 12.1 Å². The largest absolute Gasteiger partial charge is 0.379 e. The van der Waals surface area contributed by atoms with Crippen LogP contribution in [0.25, 0.3) is 0 Å². The van der Waals surface area contributed by atoms with E-state index >= 15 is 0 Å². The van der Waals surface area contributed by atoms with Crippen molar-refractivity contribution in [3.8, 4) is 0 Å². The van der Waals surface area contributed by atoms with Crippen LogP contribution in [0.2, 0.25) is 0 Å². The van der Waals surface area contributed by atoms with Crippen molar-refractivity contribution < 1.29 is 13.2 Å². The van der Waals surface area contributed by atoms with Crippen LogP contribution < -0.4 is 10.6 Å². The van der Waals surface area contributed by atoms with Crippen molar-refractivity contribution in [3.05, 3.63) is 34.9 Å². The summed E-state index contributed by atoms with van der Waals surface area (Å²) in [5.74, 6) is 0.672. The Kier molecular flexibility index (Phi) is 7.86. The van der Waals surface area contributed by atoms with Crippen LogP contribution >= 0.6 is 0 Å². The van der Waals surface area contributed by atoms with Gasteiger partial charge in [-0.05, 0) is 31.9 Å². The number of guanidine groups is 1. The number of aryl methyl sites for hydroxylation is 2. The Bertz CT molecular complexity index is 713. The maximum atomic E-state index is 12.4. The number of sulfonamides is 1. The minimum atomic E-state index is -3.26. The molecule has 0 atom stereocenters. The fourth-order valence-electron chi connectivity index (χ4n) is 2.78. The molecule has 0 unspecified atom stereocenters. The molecule has 1 heterocycles. The van der Waals surface area contributed by atoms with E-state index < -0.39 is 10.0 Å². The standard InChI is InChI=1S/C18H30N4O3S/c1-4-19-18(21-14-17-6-5-15(2)13-16(17)3)20-7-12-26(23,24)22-8-10-25-11-9-22/h5-6,13H,4,7-12,14H2,1-3H3,(H2,19,20,21). The summed E-state index contributed by atoms with van der Waals surface area (Å²) in [6.45, 7) is 9.52. The molecule has 0 aromatic heterocycles. The molecule has 2 rings (SSSR count). The number of hydrogen-bond acceptors (Lipinski definition) is 4. The topological polar surface area (TPSA) is 83.0 Å². The van der Waals surface area contributed by atoms with Gasteiger partial charge in [-0.15, -0.1) is 0 Å². The number of benzene rings is 1. The quantitative estimate of drug-likeness (QED) is 0.543. The lowest BCUT2D eigenvalue weighted by Gasteiger charge is -2.26. The highest BCUT2D eigenvalue weighted by molar-refractivity contribution is 7.89. The Morgan fingerprint density at radius 1 is 1.23 bits per heavy atom. The minimum absolute atomic E-state index is 0.0426. The molecule has 2 N–H and O–H groups in total.